The third-order valence-corrected chi connectivity index (χ3v) is 5.97. The number of carbonyl (C=O) groups excluding carboxylic acids is 3. The average molecular weight is 480 g/mol. The lowest BCUT2D eigenvalue weighted by Crippen LogP contribution is -2.46. The van der Waals surface area contributed by atoms with Gasteiger partial charge in [-0.2, -0.15) is 4.72 Å². The van der Waals surface area contributed by atoms with Crippen molar-refractivity contribution in [2.75, 3.05) is 26.0 Å². The van der Waals surface area contributed by atoms with Crippen LogP contribution >= 0.6 is 0 Å². The van der Waals surface area contributed by atoms with E-state index in [2.05, 4.69) is 10.0 Å². The van der Waals surface area contributed by atoms with Crippen molar-refractivity contribution in [1.82, 2.24) is 9.62 Å². The molecule has 0 spiro atoms. The van der Waals surface area contributed by atoms with Gasteiger partial charge in [-0.3, -0.25) is 14.4 Å². The predicted molar refractivity (Wildman–Crippen MR) is 119 cm³/mol. The number of anilines is 1. The number of sulfonamides is 1. The van der Waals surface area contributed by atoms with E-state index in [9.17, 15) is 27.2 Å². The van der Waals surface area contributed by atoms with Crippen molar-refractivity contribution in [3.63, 3.8) is 0 Å². The van der Waals surface area contributed by atoms with Crippen molar-refractivity contribution in [1.29, 1.82) is 0 Å². The summed E-state index contributed by atoms with van der Waals surface area (Å²) >= 11 is 0. The van der Waals surface area contributed by atoms with Crippen LogP contribution in [0.1, 0.15) is 24.2 Å². The van der Waals surface area contributed by atoms with E-state index < -0.39 is 51.2 Å². The van der Waals surface area contributed by atoms with E-state index >= 15 is 0 Å². The van der Waals surface area contributed by atoms with Crippen molar-refractivity contribution in [3.05, 3.63) is 59.9 Å². The highest BCUT2D eigenvalue weighted by atomic mass is 32.2. The Kier molecular flexibility index (Phi) is 8.66. The fraction of sp³-hybridized carbons (Fsp3) is 0.318. The molecule has 2 N–H and O–H groups in total. The van der Waals surface area contributed by atoms with Gasteiger partial charge in [-0.05, 0) is 42.3 Å². The lowest BCUT2D eigenvalue weighted by molar-refractivity contribution is -0.150. The number of hydrogen-bond acceptors (Lipinski definition) is 6. The fourth-order valence-electron chi connectivity index (χ4n) is 2.73. The van der Waals surface area contributed by atoms with Crippen LogP contribution in [-0.2, 0) is 24.3 Å². The minimum atomic E-state index is -4.34. The number of nitrogens with one attached hydrogen (secondary N) is 2. The molecule has 0 fully saturated rings. The summed E-state index contributed by atoms with van der Waals surface area (Å²) in [4.78, 5) is 37.3. The zero-order valence-corrected chi connectivity index (χ0v) is 19.5. The van der Waals surface area contributed by atoms with Crippen molar-refractivity contribution in [3.8, 4) is 0 Å². The topological polar surface area (TPSA) is 122 Å². The van der Waals surface area contributed by atoms with E-state index in [0.717, 1.165) is 12.1 Å². The summed E-state index contributed by atoms with van der Waals surface area (Å²) in [6.07, 6.45) is 0. The summed E-state index contributed by atoms with van der Waals surface area (Å²) in [5.74, 6) is -3.33. The molecule has 1 atom stereocenters. The number of hydrogen-bond donors (Lipinski definition) is 2. The molecule has 2 aromatic carbocycles. The quantitative estimate of drug-likeness (QED) is 0.531. The van der Waals surface area contributed by atoms with Crippen LogP contribution in [0, 0.1) is 11.7 Å². The van der Waals surface area contributed by atoms with Gasteiger partial charge >= 0.3 is 5.97 Å². The molecule has 2 aromatic rings. The summed E-state index contributed by atoms with van der Waals surface area (Å²) in [5, 5.41) is 2.51. The molecule has 2 rings (SSSR count). The molecule has 178 valence electrons. The van der Waals surface area contributed by atoms with Gasteiger partial charge in [0.15, 0.2) is 6.61 Å². The highest BCUT2D eigenvalue weighted by Crippen LogP contribution is 2.16. The molecule has 0 radical (unpaired) electrons. The van der Waals surface area contributed by atoms with E-state index in [0.29, 0.717) is 11.3 Å². The van der Waals surface area contributed by atoms with Crippen LogP contribution in [-0.4, -0.2) is 57.8 Å². The van der Waals surface area contributed by atoms with Crippen molar-refractivity contribution in [2.45, 2.75) is 24.8 Å². The van der Waals surface area contributed by atoms with Crippen LogP contribution in [0.25, 0.3) is 0 Å². The molecule has 0 heterocycles. The number of rotatable bonds is 9. The second-order valence-corrected chi connectivity index (χ2v) is 9.39. The van der Waals surface area contributed by atoms with Crippen LogP contribution in [0.4, 0.5) is 10.1 Å². The van der Waals surface area contributed by atoms with Crippen LogP contribution in [0.5, 0.6) is 0 Å². The van der Waals surface area contributed by atoms with Crippen molar-refractivity contribution >= 4 is 33.5 Å². The number of nitrogens with zero attached hydrogens (tertiary/aromatic N) is 1. The molecule has 0 aliphatic carbocycles. The highest BCUT2D eigenvalue weighted by Gasteiger charge is 2.31. The zero-order valence-electron chi connectivity index (χ0n) is 18.7. The van der Waals surface area contributed by atoms with E-state index in [1.165, 1.54) is 41.3 Å². The first kappa shape index (κ1) is 25.9. The first-order valence-electron chi connectivity index (χ1n) is 9.97. The summed E-state index contributed by atoms with van der Waals surface area (Å²) in [6, 6.07) is 9.55. The molecule has 0 unspecified atom stereocenters. The number of carbonyl (C=O) groups is 3. The molecule has 11 heteroatoms. The van der Waals surface area contributed by atoms with Gasteiger partial charge in [0.05, 0.1) is 0 Å². The monoisotopic (exact) mass is 479 g/mol. The van der Waals surface area contributed by atoms with Gasteiger partial charge in [-0.1, -0.05) is 26.0 Å². The third kappa shape index (κ3) is 7.09. The van der Waals surface area contributed by atoms with E-state index in [-0.39, 0.29) is 5.91 Å². The first-order valence-corrected chi connectivity index (χ1v) is 11.5. The Labute approximate surface area is 192 Å². The summed E-state index contributed by atoms with van der Waals surface area (Å²) in [5.41, 5.74) is 0.818. The number of esters is 1. The second kappa shape index (κ2) is 11.0. The smallest absolute Gasteiger partial charge is 0.324 e. The van der Waals surface area contributed by atoms with Gasteiger partial charge in [-0.15, -0.1) is 0 Å². The maximum atomic E-state index is 13.9. The Bertz CT molecular complexity index is 1120. The maximum absolute atomic E-state index is 13.9. The molecule has 0 aliphatic heterocycles. The van der Waals surface area contributed by atoms with E-state index in [1.807, 2.05) is 0 Å². The molecule has 0 bridgehead atoms. The lowest BCUT2D eigenvalue weighted by atomic mass is 10.1. The molecule has 9 nitrogen and oxygen atoms in total. The summed E-state index contributed by atoms with van der Waals surface area (Å²) < 4.78 is 46.0. The van der Waals surface area contributed by atoms with Crippen molar-refractivity contribution < 1.29 is 31.9 Å². The maximum Gasteiger partial charge on any atom is 0.324 e. The molecule has 0 saturated carbocycles. The Balaban J connectivity index is 1.98. The van der Waals surface area contributed by atoms with Gasteiger partial charge in [0, 0.05) is 25.3 Å². The second-order valence-electron chi connectivity index (χ2n) is 7.71. The average Bonchev–Trinajstić information content (AvgIpc) is 2.75. The van der Waals surface area contributed by atoms with Crippen LogP contribution in [0.3, 0.4) is 0 Å². The van der Waals surface area contributed by atoms with Crippen molar-refractivity contribution in [2.24, 2.45) is 5.92 Å². The minimum absolute atomic E-state index is 0.195. The molecule has 33 heavy (non-hydrogen) atoms. The van der Waals surface area contributed by atoms with Crippen LogP contribution in [0.2, 0.25) is 0 Å². The molecule has 0 aliphatic rings. The third-order valence-electron chi connectivity index (χ3n) is 4.50. The number of benzene rings is 2. The highest BCUT2D eigenvalue weighted by molar-refractivity contribution is 7.89. The summed E-state index contributed by atoms with van der Waals surface area (Å²) in [7, 11) is -1.11. The first-order chi connectivity index (χ1) is 15.4. The standard InChI is InChI=1S/C22H26FN3O6S/c1-14(2)20(25-33(30,31)18-8-6-5-7-17(18)23)22(29)32-13-19(27)24-16-11-9-15(10-12-16)21(28)26(3)4/h5-12,14,20,25H,13H2,1-4H3,(H,24,27)/t20-/m0/s1. The minimum Gasteiger partial charge on any atom is -0.454 e. The van der Waals surface area contributed by atoms with Gasteiger partial charge < -0.3 is 15.0 Å². The zero-order chi connectivity index (χ0) is 24.8. The Morgan fingerprint density at radius 3 is 2.18 bits per heavy atom. The van der Waals surface area contributed by atoms with Gasteiger partial charge in [-0.25, -0.2) is 12.8 Å². The molecule has 0 aromatic heterocycles. The number of halogens is 1. The molecule has 2 amide bonds. The summed E-state index contributed by atoms with van der Waals surface area (Å²) in [6.45, 7) is 2.49. The van der Waals surface area contributed by atoms with Gasteiger partial charge in [0.1, 0.15) is 16.8 Å². The van der Waals surface area contributed by atoms with Crippen LogP contribution < -0.4 is 10.0 Å². The van der Waals surface area contributed by atoms with Crippen LogP contribution in [0.15, 0.2) is 53.4 Å². The van der Waals surface area contributed by atoms with Gasteiger partial charge in [0.25, 0.3) is 11.8 Å². The SMILES string of the molecule is CC(C)[C@H](NS(=O)(=O)c1ccccc1F)C(=O)OCC(=O)Nc1ccc(C(=O)N(C)C)cc1. The lowest BCUT2D eigenvalue weighted by Gasteiger charge is -2.21. The fourth-order valence-corrected chi connectivity index (χ4v) is 4.14. The number of ether oxygens (including phenoxy) is 1. The Morgan fingerprint density at radius 1 is 1.03 bits per heavy atom. The number of amides is 2. The molecule has 0 saturated heterocycles. The van der Waals surface area contributed by atoms with E-state index in [4.69, 9.17) is 4.74 Å². The Morgan fingerprint density at radius 2 is 1.64 bits per heavy atom. The Hall–Kier alpha value is -3.31. The van der Waals surface area contributed by atoms with E-state index in [1.54, 1.807) is 27.9 Å². The molecular formula is C22H26FN3O6S. The molecular weight excluding hydrogens is 453 g/mol. The van der Waals surface area contributed by atoms with Gasteiger partial charge in [0.2, 0.25) is 10.0 Å². The predicted octanol–water partition coefficient (Wildman–Crippen LogP) is 2.01. The largest absolute Gasteiger partial charge is 0.454 e. The normalized spacial score (nSPS) is 12.2.